The molecule has 0 saturated heterocycles. The Kier molecular flexibility index (Phi) is 7.76. The van der Waals surface area contributed by atoms with Gasteiger partial charge in [-0.05, 0) is 80.6 Å². The monoisotopic (exact) mass is 541 g/mol. The molecule has 3 aromatic carbocycles. The van der Waals surface area contributed by atoms with Crippen LogP contribution in [0.4, 0.5) is 24.5 Å². The van der Waals surface area contributed by atoms with Gasteiger partial charge in [-0.15, -0.1) is 0 Å². The number of hydrogen-bond donors (Lipinski definition) is 3. The van der Waals surface area contributed by atoms with Gasteiger partial charge in [-0.25, -0.2) is 21.6 Å². The third-order valence-corrected chi connectivity index (χ3v) is 7.75. The number of hydrogen-bond acceptors (Lipinski definition) is 5. The lowest BCUT2D eigenvalue weighted by Crippen LogP contribution is -2.30. The zero-order chi connectivity index (χ0) is 26.7. The largest absolute Gasteiger partial charge is 0.416 e. The molecule has 1 amide bonds. The summed E-state index contributed by atoms with van der Waals surface area (Å²) in [6, 6.07) is 13.7. The van der Waals surface area contributed by atoms with E-state index in [4.69, 9.17) is 0 Å². The summed E-state index contributed by atoms with van der Waals surface area (Å²) in [6.07, 6.45) is -4.63. The normalized spacial score (nSPS) is 12.4. The van der Waals surface area contributed by atoms with Crippen LogP contribution in [0.1, 0.15) is 29.8 Å². The molecule has 0 unspecified atom stereocenters. The molecule has 0 atom stereocenters. The first-order valence-electron chi connectivity index (χ1n) is 10.4. The molecule has 8 nitrogen and oxygen atoms in total. The molecule has 3 aromatic rings. The molecule has 0 aliphatic heterocycles. The summed E-state index contributed by atoms with van der Waals surface area (Å²) in [5, 5.41) is 2.57. The van der Waals surface area contributed by atoms with Gasteiger partial charge in [0, 0.05) is 23.0 Å². The number of rotatable bonds is 8. The van der Waals surface area contributed by atoms with Crippen LogP contribution in [-0.2, 0) is 26.2 Å². The quantitative estimate of drug-likeness (QED) is 0.389. The second-order valence-corrected chi connectivity index (χ2v) is 11.4. The first kappa shape index (κ1) is 27.2. The van der Waals surface area contributed by atoms with Gasteiger partial charge < -0.3 is 5.32 Å². The zero-order valence-electron chi connectivity index (χ0n) is 19.0. The molecule has 0 fully saturated rings. The van der Waals surface area contributed by atoms with Gasteiger partial charge in [0.2, 0.25) is 10.0 Å². The van der Waals surface area contributed by atoms with Crippen LogP contribution in [0.3, 0.4) is 0 Å². The van der Waals surface area contributed by atoms with Crippen LogP contribution in [0.25, 0.3) is 0 Å². The molecule has 0 bridgehead atoms. The van der Waals surface area contributed by atoms with E-state index in [1.165, 1.54) is 42.5 Å². The van der Waals surface area contributed by atoms with Crippen molar-refractivity contribution in [1.82, 2.24) is 4.72 Å². The Balaban J connectivity index is 1.70. The lowest BCUT2D eigenvalue weighted by Gasteiger charge is -2.12. The molecule has 3 N–H and O–H groups in total. The standard InChI is InChI=1S/C23H22F3N3O5S2/c1-15(2)28-35(31,32)21-12-8-18(9-13-21)27-22(30)16-6-10-20(11-7-16)36(33,34)29-19-5-3-4-17(14-19)23(24,25)26/h3-15,28-29H,1-2H3,(H,27,30). The van der Waals surface area contributed by atoms with Gasteiger partial charge in [0.15, 0.2) is 0 Å². The lowest BCUT2D eigenvalue weighted by atomic mass is 10.2. The van der Waals surface area contributed by atoms with E-state index < -0.39 is 37.7 Å². The smallest absolute Gasteiger partial charge is 0.322 e. The molecule has 0 aliphatic rings. The van der Waals surface area contributed by atoms with Crippen molar-refractivity contribution in [2.75, 3.05) is 10.0 Å². The van der Waals surface area contributed by atoms with Crippen LogP contribution in [0, 0.1) is 0 Å². The molecule has 192 valence electrons. The highest BCUT2D eigenvalue weighted by atomic mass is 32.2. The van der Waals surface area contributed by atoms with E-state index in [9.17, 15) is 34.8 Å². The first-order valence-corrected chi connectivity index (χ1v) is 13.4. The summed E-state index contributed by atoms with van der Waals surface area (Å²) in [4.78, 5) is 12.3. The lowest BCUT2D eigenvalue weighted by molar-refractivity contribution is -0.137. The molecular formula is C23H22F3N3O5S2. The van der Waals surface area contributed by atoms with Gasteiger partial charge in [0.1, 0.15) is 0 Å². The molecule has 0 radical (unpaired) electrons. The van der Waals surface area contributed by atoms with Gasteiger partial charge in [0.25, 0.3) is 15.9 Å². The Bertz CT molecular complexity index is 1450. The van der Waals surface area contributed by atoms with Crippen molar-refractivity contribution in [3.63, 3.8) is 0 Å². The van der Waals surface area contributed by atoms with Crippen molar-refractivity contribution in [3.8, 4) is 0 Å². The third-order valence-electron chi connectivity index (χ3n) is 4.68. The zero-order valence-corrected chi connectivity index (χ0v) is 20.6. The minimum absolute atomic E-state index is 0.0250. The number of alkyl halides is 3. The number of carbonyl (C=O) groups excluding carboxylic acids is 1. The number of anilines is 2. The van der Waals surface area contributed by atoms with Crippen molar-refractivity contribution < 1.29 is 34.8 Å². The summed E-state index contributed by atoms with van der Waals surface area (Å²) in [7, 11) is -7.91. The summed E-state index contributed by atoms with van der Waals surface area (Å²) in [6.45, 7) is 3.37. The number of carbonyl (C=O) groups is 1. The number of halogens is 3. The fourth-order valence-corrected chi connectivity index (χ4v) is 5.36. The first-order chi connectivity index (χ1) is 16.7. The molecule has 0 saturated carbocycles. The third kappa shape index (κ3) is 6.83. The second kappa shape index (κ2) is 10.3. The van der Waals surface area contributed by atoms with E-state index in [1.54, 1.807) is 13.8 Å². The van der Waals surface area contributed by atoms with Crippen molar-refractivity contribution in [1.29, 1.82) is 0 Å². The van der Waals surface area contributed by atoms with Gasteiger partial charge in [0.05, 0.1) is 15.4 Å². The highest BCUT2D eigenvalue weighted by Gasteiger charge is 2.30. The average Bonchev–Trinajstić information content (AvgIpc) is 2.78. The summed E-state index contributed by atoms with van der Waals surface area (Å²) < 4.78 is 92.6. The molecule has 0 spiro atoms. The summed E-state index contributed by atoms with van der Waals surface area (Å²) in [5.74, 6) is -0.583. The predicted molar refractivity (Wildman–Crippen MR) is 129 cm³/mol. The van der Waals surface area contributed by atoms with Crippen molar-refractivity contribution in [2.45, 2.75) is 35.9 Å². The number of benzene rings is 3. The number of amides is 1. The highest BCUT2D eigenvalue weighted by Crippen LogP contribution is 2.31. The van der Waals surface area contributed by atoms with E-state index in [0.29, 0.717) is 11.8 Å². The van der Waals surface area contributed by atoms with Gasteiger partial charge in [-0.1, -0.05) is 6.07 Å². The van der Waals surface area contributed by atoms with Crippen molar-refractivity contribution in [2.24, 2.45) is 0 Å². The summed E-state index contributed by atoms with van der Waals surface area (Å²) >= 11 is 0. The van der Waals surface area contributed by atoms with E-state index in [2.05, 4.69) is 14.8 Å². The maximum absolute atomic E-state index is 12.9. The SMILES string of the molecule is CC(C)NS(=O)(=O)c1ccc(NC(=O)c2ccc(S(=O)(=O)Nc3cccc(C(F)(F)F)c3)cc2)cc1. The topological polar surface area (TPSA) is 121 Å². The van der Waals surface area contributed by atoms with Crippen LogP contribution < -0.4 is 14.8 Å². The van der Waals surface area contributed by atoms with Crippen LogP contribution in [0.2, 0.25) is 0 Å². The molecule has 36 heavy (non-hydrogen) atoms. The molecule has 3 rings (SSSR count). The average molecular weight is 542 g/mol. The van der Waals surface area contributed by atoms with Crippen molar-refractivity contribution in [3.05, 3.63) is 83.9 Å². The van der Waals surface area contributed by atoms with Gasteiger partial charge >= 0.3 is 6.18 Å². The van der Waals surface area contributed by atoms with Crippen LogP contribution >= 0.6 is 0 Å². The van der Waals surface area contributed by atoms with Gasteiger partial charge in [-0.2, -0.15) is 13.2 Å². The summed E-state index contributed by atoms with van der Waals surface area (Å²) in [5.41, 5.74) is -0.852. The molecule has 13 heteroatoms. The van der Waals surface area contributed by atoms with Crippen molar-refractivity contribution >= 4 is 37.3 Å². The fourth-order valence-electron chi connectivity index (χ4n) is 3.06. The minimum atomic E-state index is -4.63. The van der Waals surface area contributed by atoms with E-state index in [0.717, 1.165) is 24.3 Å². The molecule has 0 aromatic heterocycles. The van der Waals surface area contributed by atoms with Crippen LogP contribution in [0.15, 0.2) is 82.6 Å². The molecule has 0 aliphatic carbocycles. The fraction of sp³-hybridized carbons (Fsp3) is 0.174. The van der Waals surface area contributed by atoms with Crippen LogP contribution in [-0.4, -0.2) is 28.8 Å². The van der Waals surface area contributed by atoms with Gasteiger partial charge in [-0.3, -0.25) is 9.52 Å². The maximum atomic E-state index is 12.9. The van der Waals surface area contributed by atoms with E-state index in [1.807, 2.05) is 0 Å². The number of nitrogens with one attached hydrogen (secondary N) is 3. The minimum Gasteiger partial charge on any atom is -0.322 e. The second-order valence-electron chi connectivity index (χ2n) is 7.96. The Hall–Kier alpha value is -3.42. The van der Waals surface area contributed by atoms with E-state index in [-0.39, 0.29) is 27.1 Å². The Morgan fingerprint density at radius 2 is 1.33 bits per heavy atom. The number of sulfonamides is 2. The maximum Gasteiger partial charge on any atom is 0.416 e. The highest BCUT2D eigenvalue weighted by molar-refractivity contribution is 7.92. The Labute approximate surface area is 206 Å². The van der Waals surface area contributed by atoms with E-state index >= 15 is 0 Å². The molecule has 0 heterocycles. The predicted octanol–water partition coefficient (Wildman–Crippen LogP) is 4.45. The molecular weight excluding hydrogens is 519 g/mol. The van der Waals surface area contributed by atoms with Crippen LogP contribution in [0.5, 0.6) is 0 Å². The Morgan fingerprint density at radius 1 is 0.778 bits per heavy atom. The Morgan fingerprint density at radius 3 is 1.89 bits per heavy atom.